The predicted octanol–water partition coefficient (Wildman–Crippen LogP) is 7.73. The summed E-state index contributed by atoms with van der Waals surface area (Å²) in [6.07, 6.45) is 3.38. The van der Waals surface area contributed by atoms with Gasteiger partial charge in [-0.1, -0.05) is 36.4 Å². The van der Waals surface area contributed by atoms with Crippen LogP contribution in [0.25, 0.3) is 27.5 Å². The molecule has 0 spiro atoms. The van der Waals surface area contributed by atoms with Gasteiger partial charge >= 0.3 is 5.51 Å². The van der Waals surface area contributed by atoms with Crippen LogP contribution in [-0.2, 0) is 0 Å². The first-order valence-electron chi connectivity index (χ1n) is 11.6. The van der Waals surface area contributed by atoms with E-state index in [1.54, 1.807) is 24.7 Å². The van der Waals surface area contributed by atoms with Crippen molar-refractivity contribution in [3.8, 4) is 5.69 Å². The zero-order valence-electron chi connectivity index (χ0n) is 20.4. The van der Waals surface area contributed by atoms with Gasteiger partial charge in [-0.05, 0) is 96.3 Å². The van der Waals surface area contributed by atoms with E-state index in [9.17, 15) is 13.2 Å². The normalized spacial score (nSPS) is 11.9. The Labute approximate surface area is 226 Å². The second-order valence-corrected chi connectivity index (χ2v) is 10.2. The van der Waals surface area contributed by atoms with E-state index in [-0.39, 0.29) is 16.7 Å². The van der Waals surface area contributed by atoms with Crippen LogP contribution in [0.15, 0.2) is 89.1 Å². The first kappa shape index (κ1) is 25.7. The summed E-state index contributed by atoms with van der Waals surface area (Å²) < 4.78 is 39.8. The maximum Gasteiger partial charge on any atom is 0.446 e. The number of hydrogen-bond acceptors (Lipinski definition) is 4. The number of imidazole rings is 1. The number of hydrogen-bond donors (Lipinski definition) is 2. The van der Waals surface area contributed by atoms with Crippen LogP contribution >= 0.6 is 24.0 Å². The molecule has 0 amide bonds. The van der Waals surface area contributed by atoms with Gasteiger partial charge in [-0.3, -0.25) is 9.99 Å². The molecule has 1 aromatic heterocycles. The first-order chi connectivity index (χ1) is 18.2. The third-order valence-corrected chi connectivity index (χ3v) is 6.94. The van der Waals surface area contributed by atoms with Crippen LogP contribution in [0.2, 0.25) is 0 Å². The van der Waals surface area contributed by atoms with Gasteiger partial charge in [0.2, 0.25) is 0 Å². The fraction of sp³-hybridized carbons (Fsp3) is 0.107. The molecule has 5 rings (SSSR count). The lowest BCUT2D eigenvalue weighted by Gasteiger charge is -2.12. The van der Waals surface area contributed by atoms with Crippen molar-refractivity contribution in [1.29, 1.82) is 0 Å². The molecule has 2 N–H and O–H groups in total. The molecular formula is C28H22F3N5S2. The van der Waals surface area contributed by atoms with Gasteiger partial charge in [0.15, 0.2) is 5.11 Å². The van der Waals surface area contributed by atoms with Crippen LogP contribution in [0.1, 0.15) is 16.7 Å². The molecule has 0 aliphatic carbocycles. The smallest absolute Gasteiger partial charge is 0.331 e. The third-order valence-electron chi connectivity index (χ3n) is 6.00. The van der Waals surface area contributed by atoms with Gasteiger partial charge in [0.05, 0.1) is 17.2 Å². The average Bonchev–Trinajstić information content (AvgIpc) is 3.30. The van der Waals surface area contributed by atoms with Gasteiger partial charge in [-0.25, -0.2) is 4.98 Å². The molecule has 10 heteroatoms. The minimum absolute atomic E-state index is 0.129. The number of hydrazone groups is 1. The van der Waals surface area contributed by atoms with Gasteiger partial charge in [-0.15, -0.1) is 0 Å². The van der Waals surface area contributed by atoms with Crippen LogP contribution in [-0.4, -0.2) is 26.4 Å². The number of halogens is 3. The Kier molecular flexibility index (Phi) is 7.09. The second kappa shape index (κ2) is 10.5. The Morgan fingerprint density at radius 1 is 1.00 bits per heavy atom. The molecule has 4 aromatic carbocycles. The molecule has 0 unspecified atom stereocenters. The number of nitrogens with zero attached hydrogens (tertiary/aromatic N) is 3. The van der Waals surface area contributed by atoms with E-state index >= 15 is 0 Å². The number of benzene rings is 4. The second-order valence-electron chi connectivity index (χ2n) is 8.66. The van der Waals surface area contributed by atoms with Crippen molar-refractivity contribution in [2.75, 3.05) is 5.32 Å². The number of anilines is 1. The fourth-order valence-electron chi connectivity index (χ4n) is 4.24. The number of rotatable bonds is 5. The Morgan fingerprint density at radius 3 is 2.45 bits per heavy atom. The average molecular weight is 550 g/mol. The fourth-order valence-corrected chi connectivity index (χ4v) is 4.94. The van der Waals surface area contributed by atoms with Crippen molar-refractivity contribution in [2.24, 2.45) is 5.10 Å². The highest BCUT2D eigenvalue weighted by atomic mass is 32.2. The predicted molar refractivity (Wildman–Crippen MR) is 153 cm³/mol. The number of thiocarbonyl (C=S) groups is 1. The van der Waals surface area contributed by atoms with Crippen LogP contribution in [0.4, 0.5) is 18.9 Å². The zero-order chi connectivity index (χ0) is 26.9. The molecule has 0 aliphatic rings. The van der Waals surface area contributed by atoms with Gasteiger partial charge in [0, 0.05) is 21.7 Å². The van der Waals surface area contributed by atoms with Crippen LogP contribution in [0.3, 0.4) is 0 Å². The molecule has 0 saturated carbocycles. The molecule has 1 heterocycles. The summed E-state index contributed by atoms with van der Waals surface area (Å²) >= 11 is 5.25. The highest BCUT2D eigenvalue weighted by Crippen LogP contribution is 2.37. The van der Waals surface area contributed by atoms with E-state index in [4.69, 9.17) is 12.2 Å². The van der Waals surface area contributed by atoms with Crippen molar-refractivity contribution < 1.29 is 13.2 Å². The molecule has 0 aliphatic heterocycles. The Bertz CT molecular complexity index is 1650. The molecule has 5 nitrogen and oxygen atoms in total. The van der Waals surface area contributed by atoms with E-state index in [2.05, 4.69) is 20.8 Å². The minimum atomic E-state index is -4.31. The van der Waals surface area contributed by atoms with Crippen molar-refractivity contribution in [3.63, 3.8) is 0 Å². The van der Waals surface area contributed by atoms with Crippen LogP contribution < -0.4 is 10.7 Å². The molecular weight excluding hydrogens is 527 g/mol. The highest BCUT2D eigenvalue weighted by molar-refractivity contribution is 8.00. The van der Waals surface area contributed by atoms with Crippen molar-refractivity contribution >= 4 is 62.8 Å². The van der Waals surface area contributed by atoms with E-state index in [0.717, 1.165) is 49.9 Å². The van der Waals surface area contributed by atoms with E-state index < -0.39 is 5.51 Å². The maximum atomic E-state index is 12.6. The van der Waals surface area contributed by atoms with Gasteiger partial charge < -0.3 is 5.32 Å². The quantitative estimate of drug-likeness (QED) is 0.102. The van der Waals surface area contributed by atoms with Gasteiger partial charge in [0.1, 0.15) is 6.33 Å². The van der Waals surface area contributed by atoms with Crippen molar-refractivity contribution in [1.82, 2.24) is 15.0 Å². The van der Waals surface area contributed by atoms with Crippen LogP contribution in [0, 0.1) is 13.8 Å². The summed E-state index contributed by atoms with van der Waals surface area (Å²) in [6.45, 7) is 4.04. The summed E-state index contributed by atoms with van der Waals surface area (Å²) in [7, 11) is 0. The Morgan fingerprint density at radius 2 is 1.74 bits per heavy atom. The number of fused-ring (bicyclic) bond motifs is 3. The SMILES string of the molecule is Cc1cccc(C)c1NC(=S)N/N=C/c1ccc2c(ccc3c2ncn3-c2ccc(SC(F)(F)F)cc2)c1. The monoisotopic (exact) mass is 549 g/mol. The Balaban J connectivity index is 1.32. The summed E-state index contributed by atoms with van der Waals surface area (Å²) in [5.74, 6) is 0. The van der Waals surface area contributed by atoms with Gasteiger partial charge in [0.25, 0.3) is 0 Å². The molecule has 192 valence electrons. The lowest BCUT2D eigenvalue weighted by atomic mass is 10.1. The van der Waals surface area contributed by atoms with Crippen molar-refractivity contribution in [3.05, 3.63) is 95.8 Å². The number of aryl methyl sites for hydroxylation is 2. The molecule has 0 radical (unpaired) electrons. The van der Waals surface area contributed by atoms with E-state index in [1.807, 2.05) is 66.9 Å². The number of alkyl halides is 3. The van der Waals surface area contributed by atoms with E-state index in [0.29, 0.717) is 5.11 Å². The number of para-hydroxylation sites is 1. The summed E-state index contributed by atoms with van der Waals surface area (Å²) in [4.78, 5) is 4.72. The van der Waals surface area contributed by atoms with Crippen LogP contribution in [0.5, 0.6) is 0 Å². The number of thioether (sulfide) groups is 1. The maximum absolute atomic E-state index is 12.6. The summed E-state index contributed by atoms with van der Waals surface area (Å²) in [5.41, 5.74) is 4.99. The lowest BCUT2D eigenvalue weighted by molar-refractivity contribution is -0.0328. The highest BCUT2D eigenvalue weighted by Gasteiger charge is 2.29. The first-order valence-corrected chi connectivity index (χ1v) is 12.8. The topological polar surface area (TPSA) is 54.2 Å². The largest absolute Gasteiger partial charge is 0.446 e. The molecule has 0 atom stereocenters. The molecule has 0 saturated heterocycles. The van der Waals surface area contributed by atoms with Gasteiger partial charge in [-0.2, -0.15) is 18.3 Å². The summed E-state index contributed by atoms with van der Waals surface area (Å²) in [6, 6.07) is 22.1. The number of nitrogens with one attached hydrogen (secondary N) is 2. The summed E-state index contributed by atoms with van der Waals surface area (Å²) in [5, 5.41) is 9.80. The third kappa shape index (κ3) is 5.66. The molecule has 0 fully saturated rings. The zero-order valence-corrected chi connectivity index (χ0v) is 22.0. The minimum Gasteiger partial charge on any atom is -0.331 e. The van der Waals surface area contributed by atoms with Crippen molar-refractivity contribution in [2.45, 2.75) is 24.3 Å². The number of aromatic nitrogens is 2. The Hall–Kier alpha value is -3.89. The molecule has 38 heavy (non-hydrogen) atoms. The van der Waals surface area contributed by atoms with E-state index in [1.165, 1.54) is 12.1 Å². The lowest BCUT2D eigenvalue weighted by Crippen LogP contribution is -2.24. The standard InChI is InChI=1S/C28H22F3N5S2/c1-17-4-3-5-18(2)25(17)34-27(37)35-33-15-19-6-12-23-20(14-19)7-13-24-26(23)32-16-36(24)21-8-10-22(11-9-21)38-28(29,30)31/h3-16H,1-2H3,(H2,34,35,37)/b33-15+. The molecule has 5 aromatic rings. The molecule has 0 bridgehead atoms.